The van der Waals surface area contributed by atoms with Crippen molar-refractivity contribution in [3.8, 4) is 0 Å². The molecule has 0 atom stereocenters. The van der Waals surface area contributed by atoms with Crippen LogP contribution < -0.4 is 5.32 Å². The van der Waals surface area contributed by atoms with Gasteiger partial charge < -0.3 is 5.32 Å². The smallest absolute Gasteiger partial charge is 0.0208 e. The van der Waals surface area contributed by atoms with Crippen LogP contribution in [0, 0.1) is 6.92 Å². The van der Waals surface area contributed by atoms with E-state index in [1.807, 2.05) is 11.8 Å². The molecule has 0 bridgehead atoms. The highest BCUT2D eigenvalue weighted by Crippen LogP contribution is 2.30. The van der Waals surface area contributed by atoms with E-state index in [1.54, 1.807) is 0 Å². The second-order valence-electron chi connectivity index (χ2n) is 5.17. The number of aryl methyl sites for hydroxylation is 1. The van der Waals surface area contributed by atoms with Crippen LogP contribution in [0.1, 0.15) is 24.0 Å². The fourth-order valence-corrected chi connectivity index (χ4v) is 2.92. The van der Waals surface area contributed by atoms with Gasteiger partial charge in [-0.1, -0.05) is 42.1 Å². The summed E-state index contributed by atoms with van der Waals surface area (Å²) >= 11 is 1.84. The summed E-state index contributed by atoms with van der Waals surface area (Å²) in [6.07, 6.45) is 2.70. The van der Waals surface area contributed by atoms with Gasteiger partial charge in [-0.15, -0.1) is 0 Å². The van der Waals surface area contributed by atoms with Crippen molar-refractivity contribution in [2.45, 2.75) is 42.1 Å². The van der Waals surface area contributed by atoms with Gasteiger partial charge in [0.2, 0.25) is 0 Å². The molecule has 0 spiro atoms. The third-order valence-corrected chi connectivity index (χ3v) is 4.60. The van der Waals surface area contributed by atoms with Gasteiger partial charge in [0, 0.05) is 22.4 Å². The maximum absolute atomic E-state index is 3.54. The monoisotopic (exact) mass is 269 g/mol. The third kappa shape index (κ3) is 3.62. The molecular formula is C17H19NS. The van der Waals surface area contributed by atoms with Crippen LogP contribution >= 0.6 is 11.8 Å². The average molecular weight is 269 g/mol. The standard InChI is InChI=1S/C17H19NS/c1-13-4-2-3-5-17(13)19-16-10-6-14(7-11-16)12-18-15-8-9-15/h2-7,10-11,15,18H,8-9,12H2,1H3. The maximum Gasteiger partial charge on any atom is 0.0208 e. The average Bonchev–Trinajstić information content (AvgIpc) is 3.25. The molecule has 1 fully saturated rings. The highest BCUT2D eigenvalue weighted by molar-refractivity contribution is 7.99. The number of benzene rings is 2. The SMILES string of the molecule is Cc1ccccc1Sc1ccc(CNC2CC2)cc1. The first-order valence-electron chi connectivity index (χ1n) is 6.87. The number of hydrogen-bond donors (Lipinski definition) is 1. The Morgan fingerprint density at radius 2 is 1.79 bits per heavy atom. The summed E-state index contributed by atoms with van der Waals surface area (Å²) in [6.45, 7) is 3.16. The van der Waals surface area contributed by atoms with Crippen molar-refractivity contribution in [3.63, 3.8) is 0 Å². The van der Waals surface area contributed by atoms with Crippen molar-refractivity contribution in [1.82, 2.24) is 5.32 Å². The summed E-state index contributed by atoms with van der Waals surface area (Å²) in [4.78, 5) is 2.65. The first-order valence-corrected chi connectivity index (χ1v) is 7.69. The Morgan fingerprint density at radius 1 is 1.05 bits per heavy atom. The minimum atomic E-state index is 0.779. The Hall–Kier alpha value is -1.25. The fraction of sp³-hybridized carbons (Fsp3) is 0.294. The van der Waals surface area contributed by atoms with Crippen LogP contribution in [0.25, 0.3) is 0 Å². The predicted octanol–water partition coefficient (Wildman–Crippen LogP) is 4.40. The zero-order valence-corrected chi connectivity index (χ0v) is 12.0. The molecule has 3 rings (SSSR count). The molecule has 1 aliphatic carbocycles. The van der Waals surface area contributed by atoms with Gasteiger partial charge in [-0.3, -0.25) is 0 Å². The highest BCUT2D eigenvalue weighted by atomic mass is 32.2. The van der Waals surface area contributed by atoms with E-state index in [1.165, 1.54) is 33.8 Å². The van der Waals surface area contributed by atoms with Crippen LogP contribution in [0.4, 0.5) is 0 Å². The van der Waals surface area contributed by atoms with E-state index in [0.717, 1.165) is 12.6 Å². The molecular weight excluding hydrogens is 250 g/mol. The highest BCUT2D eigenvalue weighted by Gasteiger charge is 2.19. The molecule has 1 saturated carbocycles. The number of nitrogens with one attached hydrogen (secondary N) is 1. The molecule has 0 radical (unpaired) electrons. The van der Waals surface area contributed by atoms with E-state index >= 15 is 0 Å². The lowest BCUT2D eigenvalue weighted by molar-refractivity contribution is 0.687. The molecule has 0 amide bonds. The molecule has 1 nitrogen and oxygen atoms in total. The minimum absolute atomic E-state index is 0.779. The first kappa shape index (κ1) is 12.8. The minimum Gasteiger partial charge on any atom is -0.310 e. The van der Waals surface area contributed by atoms with Crippen molar-refractivity contribution >= 4 is 11.8 Å². The molecule has 0 unspecified atom stereocenters. The summed E-state index contributed by atoms with van der Waals surface area (Å²) in [5.41, 5.74) is 2.72. The lowest BCUT2D eigenvalue weighted by Crippen LogP contribution is -2.14. The summed E-state index contributed by atoms with van der Waals surface area (Å²) < 4.78 is 0. The topological polar surface area (TPSA) is 12.0 Å². The molecule has 1 N–H and O–H groups in total. The first-order chi connectivity index (χ1) is 9.31. The van der Waals surface area contributed by atoms with E-state index < -0.39 is 0 Å². The summed E-state index contributed by atoms with van der Waals surface area (Å²) in [5.74, 6) is 0. The van der Waals surface area contributed by atoms with Crippen LogP contribution in [-0.4, -0.2) is 6.04 Å². The molecule has 0 aromatic heterocycles. The van der Waals surface area contributed by atoms with E-state index in [-0.39, 0.29) is 0 Å². The van der Waals surface area contributed by atoms with Crippen molar-refractivity contribution in [2.75, 3.05) is 0 Å². The zero-order valence-electron chi connectivity index (χ0n) is 11.2. The van der Waals surface area contributed by atoms with Crippen LogP contribution in [0.15, 0.2) is 58.3 Å². The van der Waals surface area contributed by atoms with Gasteiger partial charge >= 0.3 is 0 Å². The predicted molar refractivity (Wildman–Crippen MR) is 81.6 cm³/mol. The van der Waals surface area contributed by atoms with Gasteiger partial charge in [0.15, 0.2) is 0 Å². The quantitative estimate of drug-likeness (QED) is 0.863. The van der Waals surface area contributed by atoms with Crippen molar-refractivity contribution < 1.29 is 0 Å². The van der Waals surface area contributed by atoms with Crippen LogP contribution in [-0.2, 0) is 6.54 Å². The van der Waals surface area contributed by atoms with E-state index in [4.69, 9.17) is 0 Å². The molecule has 1 aliphatic rings. The fourth-order valence-electron chi connectivity index (χ4n) is 2.02. The normalized spacial score (nSPS) is 14.6. The molecule has 2 aromatic rings. The van der Waals surface area contributed by atoms with Crippen LogP contribution in [0.3, 0.4) is 0 Å². The Morgan fingerprint density at radius 3 is 2.47 bits per heavy atom. The Labute approximate surface area is 119 Å². The van der Waals surface area contributed by atoms with Crippen molar-refractivity contribution in [1.29, 1.82) is 0 Å². The molecule has 19 heavy (non-hydrogen) atoms. The second-order valence-corrected chi connectivity index (χ2v) is 6.28. The van der Waals surface area contributed by atoms with Gasteiger partial charge in [0.1, 0.15) is 0 Å². The lowest BCUT2D eigenvalue weighted by atomic mass is 10.2. The molecule has 0 aliphatic heterocycles. The summed E-state index contributed by atoms with van der Waals surface area (Å²) in [7, 11) is 0. The molecule has 98 valence electrons. The zero-order chi connectivity index (χ0) is 13.1. The van der Waals surface area contributed by atoms with Gasteiger partial charge in [-0.05, 0) is 49.1 Å². The Bertz CT molecular complexity index is 543. The molecule has 2 aromatic carbocycles. The van der Waals surface area contributed by atoms with Crippen molar-refractivity contribution in [3.05, 3.63) is 59.7 Å². The van der Waals surface area contributed by atoms with Gasteiger partial charge in [0.25, 0.3) is 0 Å². The largest absolute Gasteiger partial charge is 0.310 e. The molecule has 0 heterocycles. The third-order valence-electron chi connectivity index (χ3n) is 3.42. The molecule has 0 saturated heterocycles. The van der Waals surface area contributed by atoms with Crippen molar-refractivity contribution in [2.24, 2.45) is 0 Å². The Kier molecular flexibility index (Phi) is 3.90. The molecule has 2 heteroatoms. The van der Waals surface area contributed by atoms with Crippen LogP contribution in [0.5, 0.6) is 0 Å². The maximum atomic E-state index is 3.54. The van der Waals surface area contributed by atoms with Gasteiger partial charge in [-0.2, -0.15) is 0 Å². The van der Waals surface area contributed by atoms with Gasteiger partial charge in [0.05, 0.1) is 0 Å². The van der Waals surface area contributed by atoms with E-state index in [9.17, 15) is 0 Å². The van der Waals surface area contributed by atoms with Crippen LogP contribution in [0.2, 0.25) is 0 Å². The second kappa shape index (κ2) is 5.81. The summed E-state index contributed by atoms with van der Waals surface area (Å²) in [5, 5.41) is 3.54. The summed E-state index contributed by atoms with van der Waals surface area (Å²) in [6, 6.07) is 18.2. The van der Waals surface area contributed by atoms with E-state index in [0.29, 0.717) is 0 Å². The number of rotatable bonds is 5. The Balaban J connectivity index is 1.63. The lowest BCUT2D eigenvalue weighted by Gasteiger charge is -2.07. The number of hydrogen-bond acceptors (Lipinski definition) is 2. The van der Waals surface area contributed by atoms with E-state index in [2.05, 4.69) is 60.8 Å². The van der Waals surface area contributed by atoms with Gasteiger partial charge in [-0.25, -0.2) is 0 Å².